The van der Waals surface area contributed by atoms with E-state index in [0.29, 0.717) is 0 Å². The van der Waals surface area contributed by atoms with Gasteiger partial charge < -0.3 is 20.1 Å². The van der Waals surface area contributed by atoms with E-state index in [1.165, 1.54) is 6.92 Å². The van der Waals surface area contributed by atoms with Crippen LogP contribution in [-0.2, 0) is 9.53 Å². The molecule has 0 unspecified atom stereocenters. The zero-order chi connectivity index (χ0) is 15.8. The van der Waals surface area contributed by atoms with Gasteiger partial charge >= 0.3 is 5.97 Å². The Labute approximate surface area is 125 Å². The van der Waals surface area contributed by atoms with Gasteiger partial charge in [-0.15, -0.1) is 0 Å². The molecule has 0 spiro atoms. The topological polar surface area (TPSA) is 90.2 Å². The summed E-state index contributed by atoms with van der Waals surface area (Å²) in [5.74, 6) is -1.13. The van der Waals surface area contributed by atoms with E-state index in [9.17, 15) is 20.1 Å². The smallest absolute Gasteiger partial charge is 0.341 e. The molecule has 0 radical (unpaired) electrons. The molecule has 2 aliphatic heterocycles. The Morgan fingerprint density at radius 2 is 1.95 bits per heavy atom. The van der Waals surface area contributed by atoms with Gasteiger partial charge in [0.2, 0.25) is 0 Å². The summed E-state index contributed by atoms with van der Waals surface area (Å²) in [6, 6.07) is 0.0523. The average Bonchev–Trinajstić information content (AvgIpc) is 2.98. The van der Waals surface area contributed by atoms with Gasteiger partial charge in [-0.05, 0) is 32.2 Å². The van der Waals surface area contributed by atoms with Crippen molar-refractivity contribution in [2.24, 2.45) is 11.8 Å². The number of hydrogen-bond acceptors (Lipinski definition) is 6. The predicted octanol–water partition coefficient (Wildman–Crippen LogP) is -0.247. The highest BCUT2D eigenvalue weighted by molar-refractivity contribution is 5.80. The highest BCUT2D eigenvalue weighted by Gasteiger charge is 2.47. The maximum Gasteiger partial charge on any atom is 0.341 e. The summed E-state index contributed by atoms with van der Waals surface area (Å²) in [4.78, 5) is 14.4. The average molecular weight is 301 g/mol. The fraction of sp³-hybridized carbons (Fsp3) is 0.933. The second kappa shape index (κ2) is 6.20. The summed E-state index contributed by atoms with van der Waals surface area (Å²) in [6.07, 6.45) is 0.0850. The van der Waals surface area contributed by atoms with Crippen molar-refractivity contribution in [3.8, 4) is 0 Å². The molecule has 2 saturated heterocycles. The van der Waals surface area contributed by atoms with Crippen LogP contribution < -0.4 is 0 Å². The van der Waals surface area contributed by atoms with Gasteiger partial charge in [-0.25, -0.2) is 4.79 Å². The SMILES string of the molecule is CC(C)[C@@](O)(C(=O)OC[C@@H]1CCN2CC[C@H](O)[C@@H]12)[C@H](C)O. The van der Waals surface area contributed by atoms with Gasteiger partial charge in [-0.2, -0.15) is 0 Å². The van der Waals surface area contributed by atoms with Crippen molar-refractivity contribution in [3.05, 3.63) is 0 Å². The molecule has 2 rings (SSSR count). The number of carbonyl (C=O) groups excluding carboxylic acids is 1. The molecular weight excluding hydrogens is 274 g/mol. The molecule has 0 aliphatic carbocycles. The van der Waals surface area contributed by atoms with Gasteiger partial charge in [0.15, 0.2) is 5.60 Å². The van der Waals surface area contributed by atoms with Crippen LogP contribution in [0.1, 0.15) is 33.6 Å². The normalized spacial score (nSPS) is 33.8. The fourth-order valence-electron chi connectivity index (χ4n) is 3.61. The van der Waals surface area contributed by atoms with E-state index < -0.39 is 23.6 Å². The Balaban J connectivity index is 1.95. The first-order chi connectivity index (χ1) is 9.78. The molecule has 122 valence electrons. The van der Waals surface area contributed by atoms with Gasteiger partial charge in [0, 0.05) is 18.5 Å². The van der Waals surface area contributed by atoms with Gasteiger partial charge in [0.25, 0.3) is 0 Å². The third-order valence-corrected chi connectivity index (χ3v) is 5.07. The Hall–Kier alpha value is -0.690. The summed E-state index contributed by atoms with van der Waals surface area (Å²) in [7, 11) is 0. The molecule has 5 atom stereocenters. The third-order valence-electron chi connectivity index (χ3n) is 5.07. The van der Waals surface area contributed by atoms with Crippen LogP contribution in [-0.4, -0.2) is 69.7 Å². The largest absolute Gasteiger partial charge is 0.463 e. The lowest BCUT2D eigenvalue weighted by molar-refractivity contribution is -0.186. The molecule has 6 nitrogen and oxygen atoms in total. The summed E-state index contributed by atoms with van der Waals surface area (Å²) >= 11 is 0. The van der Waals surface area contributed by atoms with E-state index in [0.717, 1.165) is 25.9 Å². The molecule has 2 heterocycles. The summed E-state index contributed by atoms with van der Waals surface area (Å²) in [5.41, 5.74) is -1.88. The minimum absolute atomic E-state index is 0.0523. The molecule has 6 heteroatoms. The molecule has 3 N–H and O–H groups in total. The van der Waals surface area contributed by atoms with Crippen LogP contribution in [0.5, 0.6) is 0 Å². The van der Waals surface area contributed by atoms with Crippen molar-refractivity contribution in [3.63, 3.8) is 0 Å². The first kappa shape index (κ1) is 16.7. The molecule has 0 aromatic carbocycles. The Morgan fingerprint density at radius 1 is 1.33 bits per heavy atom. The van der Waals surface area contributed by atoms with E-state index in [1.807, 2.05) is 0 Å². The molecule has 0 saturated carbocycles. The van der Waals surface area contributed by atoms with Crippen LogP contribution in [0.4, 0.5) is 0 Å². The van der Waals surface area contributed by atoms with E-state index in [-0.39, 0.29) is 24.7 Å². The van der Waals surface area contributed by atoms with Gasteiger partial charge in [0.05, 0.1) is 18.8 Å². The van der Waals surface area contributed by atoms with E-state index in [1.54, 1.807) is 13.8 Å². The lowest BCUT2D eigenvalue weighted by Gasteiger charge is -2.33. The highest BCUT2D eigenvalue weighted by atomic mass is 16.6. The van der Waals surface area contributed by atoms with E-state index in [2.05, 4.69) is 4.90 Å². The standard InChI is InChI=1S/C15H27NO5/c1-9(2)15(20,10(3)17)14(19)21-8-11-4-6-16-7-5-12(18)13(11)16/h9-13,17-18,20H,4-8H2,1-3H3/t10-,11-,12-,13+,15-/m0/s1. The van der Waals surface area contributed by atoms with Crippen molar-refractivity contribution >= 4 is 5.97 Å². The Morgan fingerprint density at radius 3 is 2.52 bits per heavy atom. The molecule has 0 aromatic rings. The zero-order valence-electron chi connectivity index (χ0n) is 13.0. The lowest BCUT2D eigenvalue weighted by Crippen LogP contribution is -2.53. The van der Waals surface area contributed by atoms with Crippen LogP contribution in [0.15, 0.2) is 0 Å². The van der Waals surface area contributed by atoms with Crippen molar-refractivity contribution in [1.82, 2.24) is 4.90 Å². The van der Waals surface area contributed by atoms with Crippen molar-refractivity contribution in [1.29, 1.82) is 0 Å². The number of nitrogens with zero attached hydrogens (tertiary/aromatic N) is 1. The molecular formula is C15H27NO5. The quantitative estimate of drug-likeness (QED) is 0.607. The number of fused-ring (bicyclic) bond motifs is 1. The summed E-state index contributed by atoms with van der Waals surface area (Å²) < 4.78 is 5.28. The number of carbonyl (C=O) groups is 1. The predicted molar refractivity (Wildman–Crippen MR) is 76.5 cm³/mol. The third kappa shape index (κ3) is 2.95. The van der Waals surface area contributed by atoms with E-state index >= 15 is 0 Å². The van der Waals surface area contributed by atoms with Crippen LogP contribution in [0.3, 0.4) is 0 Å². The number of rotatable bonds is 5. The minimum Gasteiger partial charge on any atom is -0.463 e. The fourth-order valence-corrected chi connectivity index (χ4v) is 3.61. The maximum absolute atomic E-state index is 12.2. The van der Waals surface area contributed by atoms with Crippen LogP contribution in [0.25, 0.3) is 0 Å². The first-order valence-corrected chi connectivity index (χ1v) is 7.78. The molecule has 21 heavy (non-hydrogen) atoms. The Bertz CT molecular complexity index is 376. The molecule has 0 aromatic heterocycles. The highest BCUT2D eigenvalue weighted by Crippen LogP contribution is 2.33. The molecule has 0 bridgehead atoms. The maximum atomic E-state index is 12.2. The summed E-state index contributed by atoms with van der Waals surface area (Å²) in [6.45, 7) is 6.71. The number of aliphatic hydroxyl groups excluding tert-OH is 2. The number of hydrogen-bond donors (Lipinski definition) is 3. The zero-order valence-corrected chi connectivity index (χ0v) is 13.0. The van der Waals surface area contributed by atoms with Crippen LogP contribution in [0, 0.1) is 11.8 Å². The monoisotopic (exact) mass is 301 g/mol. The molecule has 2 aliphatic rings. The van der Waals surface area contributed by atoms with Crippen molar-refractivity contribution < 1.29 is 24.9 Å². The number of esters is 1. The van der Waals surface area contributed by atoms with E-state index in [4.69, 9.17) is 4.74 Å². The second-order valence-corrected chi connectivity index (χ2v) is 6.69. The molecule has 2 fully saturated rings. The first-order valence-electron chi connectivity index (χ1n) is 7.78. The Kier molecular flexibility index (Phi) is 4.92. The second-order valence-electron chi connectivity index (χ2n) is 6.69. The minimum atomic E-state index is -1.88. The van der Waals surface area contributed by atoms with Crippen LogP contribution in [0.2, 0.25) is 0 Å². The lowest BCUT2D eigenvalue weighted by atomic mass is 9.85. The molecule has 0 amide bonds. The van der Waals surface area contributed by atoms with Gasteiger partial charge in [-0.3, -0.25) is 4.90 Å². The van der Waals surface area contributed by atoms with Crippen molar-refractivity contribution in [2.45, 2.75) is 57.5 Å². The number of aliphatic hydroxyl groups is 3. The van der Waals surface area contributed by atoms with Crippen molar-refractivity contribution in [2.75, 3.05) is 19.7 Å². The number of ether oxygens (including phenoxy) is 1. The van der Waals surface area contributed by atoms with Crippen LogP contribution >= 0.6 is 0 Å². The summed E-state index contributed by atoms with van der Waals surface area (Å²) in [5, 5.41) is 30.1. The van der Waals surface area contributed by atoms with Gasteiger partial charge in [-0.1, -0.05) is 13.8 Å². The van der Waals surface area contributed by atoms with Gasteiger partial charge in [0.1, 0.15) is 0 Å².